The van der Waals surface area contributed by atoms with Crippen LogP contribution in [0.25, 0.3) is 0 Å². The van der Waals surface area contributed by atoms with E-state index in [0.29, 0.717) is 12.4 Å². The highest BCUT2D eigenvalue weighted by Crippen LogP contribution is 2.08. The summed E-state index contributed by atoms with van der Waals surface area (Å²) in [4.78, 5) is 8.58. The Morgan fingerprint density at radius 2 is 1.62 bits per heavy atom. The summed E-state index contributed by atoms with van der Waals surface area (Å²) in [5, 5.41) is 6.58. The van der Waals surface area contributed by atoms with Crippen LogP contribution < -0.4 is 10.6 Å². The number of unbranched alkanes of at least 4 members (excludes halogenated alkanes) is 7. The van der Waals surface area contributed by atoms with Crippen LogP contribution in [0.15, 0.2) is 9.41 Å². The van der Waals surface area contributed by atoms with Crippen molar-refractivity contribution in [2.75, 3.05) is 13.6 Å². The summed E-state index contributed by atoms with van der Waals surface area (Å²) in [5.41, 5.74) is 0.948. The number of hydrogen-bond donors (Lipinski definition) is 2. The minimum atomic E-state index is 0. The maximum atomic E-state index is 5.55. The number of nitrogens with zero attached hydrogens (tertiary/aromatic N) is 2. The molecule has 140 valence electrons. The molecule has 0 spiro atoms. The lowest BCUT2D eigenvalue weighted by Crippen LogP contribution is -2.37. The molecule has 5 nitrogen and oxygen atoms in total. The zero-order valence-corrected chi connectivity index (χ0v) is 18.1. The number of nitrogens with one attached hydrogen (secondary N) is 2. The average molecular weight is 450 g/mol. The first-order chi connectivity index (χ1) is 11.2. The van der Waals surface area contributed by atoms with Gasteiger partial charge in [0.05, 0.1) is 12.2 Å². The molecule has 0 aromatic carbocycles. The molecule has 1 aromatic rings. The molecule has 6 heteroatoms. The quantitative estimate of drug-likeness (QED) is 0.222. The number of oxazole rings is 1. The highest BCUT2D eigenvalue weighted by Gasteiger charge is 2.06. The summed E-state index contributed by atoms with van der Waals surface area (Å²) in [6.07, 6.45) is 10.7. The summed E-state index contributed by atoms with van der Waals surface area (Å²) in [5.74, 6) is 2.39. The molecule has 0 aliphatic rings. The minimum Gasteiger partial charge on any atom is -0.444 e. The van der Waals surface area contributed by atoms with Crippen LogP contribution in [0.4, 0.5) is 0 Å². The van der Waals surface area contributed by atoms with Crippen molar-refractivity contribution in [3.05, 3.63) is 17.3 Å². The number of aromatic nitrogens is 1. The highest BCUT2D eigenvalue weighted by molar-refractivity contribution is 14.0. The van der Waals surface area contributed by atoms with Crippen molar-refractivity contribution in [2.24, 2.45) is 4.99 Å². The van der Waals surface area contributed by atoms with E-state index in [4.69, 9.17) is 4.42 Å². The fourth-order valence-electron chi connectivity index (χ4n) is 2.46. The number of hydrogen-bond acceptors (Lipinski definition) is 3. The normalized spacial score (nSPS) is 11.2. The van der Waals surface area contributed by atoms with E-state index in [0.717, 1.165) is 24.0 Å². The van der Waals surface area contributed by atoms with E-state index in [1.807, 2.05) is 13.8 Å². The smallest absolute Gasteiger partial charge is 0.214 e. The Hall–Kier alpha value is -0.790. The number of guanidine groups is 1. The number of aliphatic imine (C=N–C) groups is 1. The SMILES string of the molecule is CCCCCCCCCCNC(=NC)NCc1nc(C)c(C)o1.I. The number of rotatable bonds is 11. The van der Waals surface area contributed by atoms with Gasteiger partial charge in [0.15, 0.2) is 5.96 Å². The van der Waals surface area contributed by atoms with E-state index in [1.165, 1.54) is 51.4 Å². The molecule has 1 heterocycles. The second-order valence-corrected chi connectivity index (χ2v) is 6.08. The summed E-state index contributed by atoms with van der Waals surface area (Å²) in [6.45, 7) is 7.67. The molecule has 2 N–H and O–H groups in total. The lowest BCUT2D eigenvalue weighted by atomic mass is 10.1. The van der Waals surface area contributed by atoms with E-state index >= 15 is 0 Å². The summed E-state index contributed by atoms with van der Waals surface area (Å²) in [7, 11) is 1.79. The maximum Gasteiger partial charge on any atom is 0.214 e. The number of halogens is 1. The fraction of sp³-hybridized carbons (Fsp3) is 0.778. The van der Waals surface area contributed by atoms with Gasteiger partial charge in [0.1, 0.15) is 5.76 Å². The topological polar surface area (TPSA) is 62.5 Å². The highest BCUT2D eigenvalue weighted by atomic mass is 127. The van der Waals surface area contributed by atoms with Crippen LogP contribution in [0.2, 0.25) is 0 Å². The molecule has 0 atom stereocenters. The van der Waals surface area contributed by atoms with Gasteiger partial charge in [-0.2, -0.15) is 0 Å². The van der Waals surface area contributed by atoms with Crippen molar-refractivity contribution in [2.45, 2.75) is 78.7 Å². The Balaban J connectivity index is 0.00000529. The molecular weight excluding hydrogens is 415 g/mol. The van der Waals surface area contributed by atoms with Gasteiger partial charge in [-0.15, -0.1) is 24.0 Å². The zero-order chi connectivity index (χ0) is 16.9. The molecule has 24 heavy (non-hydrogen) atoms. The predicted molar refractivity (Wildman–Crippen MR) is 112 cm³/mol. The minimum absolute atomic E-state index is 0. The Morgan fingerprint density at radius 1 is 1.00 bits per heavy atom. The van der Waals surface area contributed by atoms with Gasteiger partial charge in [-0.05, 0) is 20.3 Å². The molecule has 0 aliphatic heterocycles. The average Bonchev–Trinajstić information content (AvgIpc) is 2.87. The Kier molecular flexibility index (Phi) is 14.1. The van der Waals surface area contributed by atoms with E-state index < -0.39 is 0 Å². The van der Waals surface area contributed by atoms with Crippen molar-refractivity contribution < 1.29 is 4.42 Å². The maximum absolute atomic E-state index is 5.55. The van der Waals surface area contributed by atoms with Crippen molar-refractivity contribution in [1.29, 1.82) is 0 Å². The van der Waals surface area contributed by atoms with Gasteiger partial charge in [-0.3, -0.25) is 4.99 Å². The molecule has 0 aliphatic carbocycles. The molecule has 0 bridgehead atoms. The molecule has 0 saturated heterocycles. The second-order valence-electron chi connectivity index (χ2n) is 6.08. The molecule has 1 rings (SSSR count). The lowest BCUT2D eigenvalue weighted by Gasteiger charge is -2.10. The largest absolute Gasteiger partial charge is 0.444 e. The van der Waals surface area contributed by atoms with Crippen molar-refractivity contribution in [3.8, 4) is 0 Å². The molecule has 1 aromatic heterocycles. The van der Waals surface area contributed by atoms with Gasteiger partial charge in [-0.1, -0.05) is 51.9 Å². The summed E-state index contributed by atoms with van der Waals surface area (Å²) < 4.78 is 5.55. The molecule has 0 unspecified atom stereocenters. The monoisotopic (exact) mass is 450 g/mol. The molecule has 0 saturated carbocycles. The fourth-order valence-corrected chi connectivity index (χ4v) is 2.46. The van der Waals surface area contributed by atoms with E-state index in [1.54, 1.807) is 7.05 Å². The molecular formula is C18H35IN4O. The Labute approximate surface area is 164 Å². The standard InChI is InChI=1S/C18H34N4O.HI/c1-5-6-7-8-9-10-11-12-13-20-18(19-4)21-14-17-22-15(2)16(3)23-17;/h5-14H2,1-4H3,(H2,19,20,21);1H. The summed E-state index contributed by atoms with van der Waals surface area (Å²) in [6, 6.07) is 0. The van der Waals surface area contributed by atoms with Crippen LogP contribution in [0.1, 0.15) is 75.6 Å². The van der Waals surface area contributed by atoms with E-state index in [2.05, 4.69) is 27.5 Å². The Morgan fingerprint density at radius 3 is 2.17 bits per heavy atom. The van der Waals surface area contributed by atoms with Crippen LogP contribution in [0.3, 0.4) is 0 Å². The lowest BCUT2D eigenvalue weighted by molar-refractivity contribution is 0.463. The van der Waals surface area contributed by atoms with Gasteiger partial charge in [0.25, 0.3) is 0 Å². The third kappa shape index (κ3) is 10.2. The van der Waals surface area contributed by atoms with Crippen molar-refractivity contribution >= 4 is 29.9 Å². The first-order valence-electron chi connectivity index (χ1n) is 9.04. The second kappa shape index (κ2) is 14.5. The van der Waals surface area contributed by atoms with Crippen LogP contribution >= 0.6 is 24.0 Å². The third-order valence-electron chi connectivity index (χ3n) is 4.03. The van der Waals surface area contributed by atoms with Crippen LogP contribution in [-0.4, -0.2) is 24.5 Å². The van der Waals surface area contributed by atoms with Gasteiger partial charge < -0.3 is 15.1 Å². The van der Waals surface area contributed by atoms with Crippen LogP contribution in [0, 0.1) is 13.8 Å². The molecule has 0 fully saturated rings. The predicted octanol–water partition coefficient (Wildman–Crippen LogP) is 4.72. The van der Waals surface area contributed by atoms with E-state index in [-0.39, 0.29) is 24.0 Å². The Bertz CT molecular complexity index is 440. The van der Waals surface area contributed by atoms with Gasteiger partial charge >= 0.3 is 0 Å². The first-order valence-corrected chi connectivity index (χ1v) is 9.04. The molecule has 0 amide bonds. The number of aryl methyl sites for hydroxylation is 2. The summed E-state index contributed by atoms with van der Waals surface area (Å²) >= 11 is 0. The van der Waals surface area contributed by atoms with Gasteiger partial charge in [0.2, 0.25) is 5.89 Å². The molecule has 0 radical (unpaired) electrons. The van der Waals surface area contributed by atoms with E-state index in [9.17, 15) is 0 Å². The van der Waals surface area contributed by atoms with Gasteiger partial charge in [0, 0.05) is 13.6 Å². The van der Waals surface area contributed by atoms with Crippen molar-refractivity contribution in [3.63, 3.8) is 0 Å². The third-order valence-corrected chi connectivity index (χ3v) is 4.03. The van der Waals surface area contributed by atoms with Crippen LogP contribution in [-0.2, 0) is 6.54 Å². The van der Waals surface area contributed by atoms with Crippen LogP contribution in [0.5, 0.6) is 0 Å². The van der Waals surface area contributed by atoms with Crippen molar-refractivity contribution in [1.82, 2.24) is 15.6 Å². The zero-order valence-electron chi connectivity index (χ0n) is 15.8. The van der Waals surface area contributed by atoms with Gasteiger partial charge in [-0.25, -0.2) is 4.98 Å². The first kappa shape index (κ1) is 23.2.